The highest BCUT2D eigenvalue weighted by Gasteiger charge is 2.35. The number of hydrogen-bond donors (Lipinski definition) is 0. The van der Waals surface area contributed by atoms with Crippen molar-refractivity contribution in [3.8, 4) is 0 Å². The van der Waals surface area contributed by atoms with Gasteiger partial charge in [-0.25, -0.2) is 0 Å². The van der Waals surface area contributed by atoms with Crippen LogP contribution in [0.1, 0.15) is 92.9 Å². The molecule has 22 heavy (non-hydrogen) atoms. The van der Waals surface area contributed by atoms with Gasteiger partial charge in [-0.15, -0.1) is 0 Å². The SMILES string of the molecule is CCCCCO[Si](CC)(CC)OC(CC)CCC(CC)CC. The van der Waals surface area contributed by atoms with Crippen LogP contribution in [0.2, 0.25) is 12.1 Å². The molecule has 1 atom stereocenters. The van der Waals surface area contributed by atoms with Gasteiger partial charge in [-0.3, -0.25) is 0 Å². The zero-order chi connectivity index (χ0) is 16.8. The first-order chi connectivity index (χ1) is 10.6. The van der Waals surface area contributed by atoms with Crippen molar-refractivity contribution in [3.63, 3.8) is 0 Å². The molecular formula is C19H42O2Si. The highest BCUT2D eigenvalue weighted by Crippen LogP contribution is 2.26. The van der Waals surface area contributed by atoms with Crippen LogP contribution in [0, 0.1) is 5.92 Å². The minimum Gasteiger partial charge on any atom is -0.394 e. The van der Waals surface area contributed by atoms with Gasteiger partial charge in [0.15, 0.2) is 0 Å². The van der Waals surface area contributed by atoms with Crippen molar-refractivity contribution in [2.45, 2.75) is 111 Å². The quantitative estimate of drug-likeness (QED) is 0.246. The first-order valence-electron chi connectivity index (χ1n) is 9.92. The van der Waals surface area contributed by atoms with Crippen LogP contribution in [0.3, 0.4) is 0 Å². The first kappa shape index (κ1) is 22.1. The molecule has 1 unspecified atom stereocenters. The van der Waals surface area contributed by atoms with E-state index in [-0.39, 0.29) is 0 Å². The molecule has 0 aliphatic carbocycles. The molecule has 0 aliphatic heterocycles. The lowest BCUT2D eigenvalue weighted by Crippen LogP contribution is -2.44. The molecule has 0 aromatic rings. The van der Waals surface area contributed by atoms with Crippen molar-refractivity contribution in [1.29, 1.82) is 0 Å². The summed E-state index contributed by atoms with van der Waals surface area (Å²) >= 11 is 0. The molecular weight excluding hydrogens is 288 g/mol. The molecule has 3 heteroatoms. The zero-order valence-corrected chi connectivity index (χ0v) is 17.2. The van der Waals surface area contributed by atoms with Crippen molar-refractivity contribution < 1.29 is 8.85 Å². The Morgan fingerprint density at radius 2 is 1.41 bits per heavy atom. The standard InChI is InChI=1S/C19H42O2Si/c1-7-13-14-17-20-22(11-5,12-6)21-19(10-4)16-15-18(8-2)9-3/h18-19H,7-17H2,1-6H3. The molecule has 0 aromatic carbocycles. The van der Waals surface area contributed by atoms with E-state index < -0.39 is 8.56 Å². The maximum atomic E-state index is 6.62. The average molecular weight is 331 g/mol. The second-order valence-corrected chi connectivity index (χ2v) is 10.3. The van der Waals surface area contributed by atoms with E-state index in [0.717, 1.165) is 31.0 Å². The van der Waals surface area contributed by atoms with Gasteiger partial charge in [0.1, 0.15) is 0 Å². The van der Waals surface area contributed by atoms with E-state index in [0.29, 0.717) is 6.10 Å². The Balaban J connectivity index is 4.46. The summed E-state index contributed by atoms with van der Waals surface area (Å²) in [4.78, 5) is 0. The van der Waals surface area contributed by atoms with Crippen molar-refractivity contribution >= 4 is 8.56 Å². The highest BCUT2D eigenvalue weighted by atomic mass is 28.4. The molecule has 0 bridgehead atoms. The van der Waals surface area contributed by atoms with Gasteiger partial charge in [0, 0.05) is 12.7 Å². The van der Waals surface area contributed by atoms with E-state index in [1.54, 1.807) is 0 Å². The van der Waals surface area contributed by atoms with Crippen LogP contribution in [0.25, 0.3) is 0 Å². The molecule has 2 nitrogen and oxygen atoms in total. The van der Waals surface area contributed by atoms with Crippen molar-refractivity contribution in [1.82, 2.24) is 0 Å². The lowest BCUT2D eigenvalue weighted by molar-refractivity contribution is 0.0972. The molecule has 0 aromatic heterocycles. The molecule has 0 aliphatic rings. The smallest absolute Gasteiger partial charge is 0.337 e. The monoisotopic (exact) mass is 330 g/mol. The van der Waals surface area contributed by atoms with Gasteiger partial charge in [0.05, 0.1) is 0 Å². The Morgan fingerprint density at radius 1 is 0.773 bits per heavy atom. The summed E-state index contributed by atoms with van der Waals surface area (Å²) in [5.41, 5.74) is 0. The topological polar surface area (TPSA) is 18.5 Å². The molecule has 0 saturated heterocycles. The molecule has 0 fully saturated rings. The van der Waals surface area contributed by atoms with Crippen LogP contribution in [-0.4, -0.2) is 21.3 Å². The van der Waals surface area contributed by atoms with Crippen molar-refractivity contribution in [2.24, 2.45) is 5.92 Å². The van der Waals surface area contributed by atoms with Crippen LogP contribution < -0.4 is 0 Å². The summed E-state index contributed by atoms with van der Waals surface area (Å²) < 4.78 is 13.0. The Hall–Kier alpha value is 0.137. The largest absolute Gasteiger partial charge is 0.394 e. The summed E-state index contributed by atoms with van der Waals surface area (Å²) in [6, 6.07) is 2.16. The van der Waals surface area contributed by atoms with E-state index in [1.165, 1.54) is 44.9 Å². The Kier molecular flexibility index (Phi) is 13.6. The number of hydrogen-bond acceptors (Lipinski definition) is 2. The second-order valence-electron chi connectivity index (χ2n) is 6.58. The summed E-state index contributed by atoms with van der Waals surface area (Å²) in [5.74, 6) is 0.863. The molecule has 0 heterocycles. The molecule has 0 N–H and O–H groups in total. The van der Waals surface area contributed by atoms with Crippen LogP contribution >= 0.6 is 0 Å². The Bertz CT molecular complexity index is 238. The molecule has 0 radical (unpaired) electrons. The van der Waals surface area contributed by atoms with E-state index in [9.17, 15) is 0 Å². The second kappa shape index (κ2) is 13.6. The van der Waals surface area contributed by atoms with Crippen LogP contribution in [-0.2, 0) is 8.85 Å². The zero-order valence-electron chi connectivity index (χ0n) is 16.2. The third-order valence-electron chi connectivity index (χ3n) is 5.08. The summed E-state index contributed by atoms with van der Waals surface area (Å²) in [6.07, 6.45) is 10.3. The van der Waals surface area contributed by atoms with E-state index >= 15 is 0 Å². The van der Waals surface area contributed by atoms with Crippen molar-refractivity contribution in [2.75, 3.05) is 6.61 Å². The van der Waals surface area contributed by atoms with E-state index in [2.05, 4.69) is 41.5 Å². The van der Waals surface area contributed by atoms with Gasteiger partial charge in [0.2, 0.25) is 0 Å². The lowest BCUT2D eigenvalue weighted by atomic mass is 9.95. The number of rotatable bonds is 15. The Labute approximate surface area is 141 Å². The van der Waals surface area contributed by atoms with Gasteiger partial charge in [-0.05, 0) is 43.7 Å². The fraction of sp³-hybridized carbons (Fsp3) is 1.00. The van der Waals surface area contributed by atoms with Crippen LogP contribution in [0.4, 0.5) is 0 Å². The van der Waals surface area contributed by atoms with Crippen LogP contribution in [0.15, 0.2) is 0 Å². The predicted molar refractivity (Wildman–Crippen MR) is 101 cm³/mol. The molecule has 0 amide bonds. The third-order valence-corrected chi connectivity index (χ3v) is 8.73. The van der Waals surface area contributed by atoms with Gasteiger partial charge in [-0.1, -0.05) is 67.2 Å². The average Bonchev–Trinajstić information content (AvgIpc) is 2.57. The first-order valence-corrected chi connectivity index (χ1v) is 12.2. The predicted octanol–water partition coefficient (Wildman–Crippen LogP) is 6.69. The van der Waals surface area contributed by atoms with Gasteiger partial charge in [-0.2, -0.15) is 0 Å². The van der Waals surface area contributed by atoms with Gasteiger partial charge < -0.3 is 8.85 Å². The van der Waals surface area contributed by atoms with Crippen LogP contribution in [0.5, 0.6) is 0 Å². The maximum absolute atomic E-state index is 6.62. The number of unbranched alkanes of at least 4 members (excludes halogenated alkanes) is 2. The van der Waals surface area contributed by atoms with Gasteiger partial charge in [0.25, 0.3) is 0 Å². The van der Waals surface area contributed by atoms with E-state index in [4.69, 9.17) is 8.85 Å². The lowest BCUT2D eigenvalue weighted by Gasteiger charge is -2.33. The minimum absolute atomic E-state index is 0.401. The molecule has 134 valence electrons. The minimum atomic E-state index is -1.97. The summed E-state index contributed by atoms with van der Waals surface area (Å²) in [6.45, 7) is 14.5. The summed E-state index contributed by atoms with van der Waals surface area (Å²) in [5, 5.41) is 0. The molecule has 0 saturated carbocycles. The maximum Gasteiger partial charge on any atom is 0.337 e. The fourth-order valence-corrected chi connectivity index (χ4v) is 5.75. The Morgan fingerprint density at radius 3 is 1.86 bits per heavy atom. The fourth-order valence-electron chi connectivity index (χ4n) is 3.03. The summed E-state index contributed by atoms with van der Waals surface area (Å²) in [7, 11) is -1.97. The normalized spacial score (nSPS) is 13.8. The molecule has 0 rings (SSSR count). The van der Waals surface area contributed by atoms with Crippen molar-refractivity contribution in [3.05, 3.63) is 0 Å². The van der Waals surface area contributed by atoms with E-state index in [1.807, 2.05) is 0 Å². The third kappa shape index (κ3) is 8.69. The highest BCUT2D eigenvalue weighted by molar-refractivity contribution is 6.67. The van der Waals surface area contributed by atoms with Gasteiger partial charge >= 0.3 is 8.56 Å². The molecule has 0 spiro atoms.